The molecule has 3 heteroatoms. The van der Waals surface area contributed by atoms with Crippen molar-refractivity contribution in [1.82, 2.24) is 0 Å². The van der Waals surface area contributed by atoms with Crippen LogP contribution in [-0.2, 0) is 0 Å². The second kappa shape index (κ2) is 4.92. The van der Waals surface area contributed by atoms with Crippen molar-refractivity contribution in [2.24, 2.45) is 0 Å². The van der Waals surface area contributed by atoms with E-state index in [0.29, 0.717) is 12.0 Å². The summed E-state index contributed by atoms with van der Waals surface area (Å²) >= 11 is 0. The lowest BCUT2D eigenvalue weighted by molar-refractivity contribution is 0.0988. The summed E-state index contributed by atoms with van der Waals surface area (Å²) in [7, 11) is 0. The van der Waals surface area contributed by atoms with Crippen LogP contribution in [0.2, 0.25) is 0 Å². The van der Waals surface area contributed by atoms with Crippen LogP contribution in [0.1, 0.15) is 23.7 Å². The van der Waals surface area contributed by atoms with Gasteiger partial charge in [-0.2, -0.15) is 0 Å². The third-order valence-corrected chi connectivity index (χ3v) is 2.80. The van der Waals surface area contributed by atoms with Crippen molar-refractivity contribution >= 4 is 5.78 Å². The Kier molecular flexibility index (Phi) is 3.33. The van der Waals surface area contributed by atoms with Crippen LogP contribution in [-0.4, -0.2) is 16.0 Å². The van der Waals surface area contributed by atoms with Crippen molar-refractivity contribution in [2.75, 3.05) is 0 Å². The fourth-order valence-corrected chi connectivity index (χ4v) is 1.85. The van der Waals surface area contributed by atoms with E-state index in [9.17, 15) is 15.0 Å². The number of Topliss-reactive ketones (excluding diaryl/α,β-unsaturated/α-hetero) is 1. The van der Waals surface area contributed by atoms with E-state index in [1.165, 1.54) is 6.07 Å². The quantitative estimate of drug-likeness (QED) is 0.811. The molecule has 0 unspecified atom stereocenters. The smallest absolute Gasteiger partial charge is 0.163 e. The topological polar surface area (TPSA) is 57.5 Å². The third-order valence-electron chi connectivity index (χ3n) is 2.80. The molecule has 0 spiro atoms. The van der Waals surface area contributed by atoms with Crippen LogP contribution in [0.25, 0.3) is 11.1 Å². The highest BCUT2D eigenvalue weighted by Gasteiger charge is 2.12. The Labute approximate surface area is 105 Å². The monoisotopic (exact) mass is 242 g/mol. The molecule has 92 valence electrons. The van der Waals surface area contributed by atoms with Crippen molar-refractivity contribution < 1.29 is 15.0 Å². The van der Waals surface area contributed by atoms with Crippen LogP contribution in [0.5, 0.6) is 11.5 Å². The van der Waals surface area contributed by atoms with E-state index in [0.717, 1.165) is 11.1 Å². The first kappa shape index (κ1) is 12.2. The molecule has 0 atom stereocenters. The molecule has 0 bridgehead atoms. The first-order valence-electron chi connectivity index (χ1n) is 5.77. The number of rotatable bonds is 3. The van der Waals surface area contributed by atoms with E-state index in [1.54, 1.807) is 43.3 Å². The van der Waals surface area contributed by atoms with E-state index < -0.39 is 0 Å². The van der Waals surface area contributed by atoms with E-state index in [4.69, 9.17) is 0 Å². The molecule has 0 saturated heterocycles. The number of hydrogen-bond donors (Lipinski definition) is 2. The number of phenolic OH excluding ortho intramolecular Hbond substituents is 2. The van der Waals surface area contributed by atoms with Gasteiger partial charge in [-0.05, 0) is 41.5 Å². The molecule has 0 aromatic heterocycles. The second-order valence-electron chi connectivity index (χ2n) is 4.05. The maximum Gasteiger partial charge on any atom is 0.163 e. The van der Waals surface area contributed by atoms with Crippen LogP contribution >= 0.6 is 0 Å². The lowest BCUT2D eigenvalue weighted by atomic mass is 9.96. The van der Waals surface area contributed by atoms with Crippen LogP contribution < -0.4 is 0 Å². The van der Waals surface area contributed by atoms with Crippen LogP contribution in [0.4, 0.5) is 0 Å². The highest BCUT2D eigenvalue weighted by atomic mass is 16.3. The zero-order valence-electron chi connectivity index (χ0n) is 10.1. The highest BCUT2D eigenvalue weighted by molar-refractivity contribution is 6.02. The number of phenols is 2. The maximum absolute atomic E-state index is 11.9. The first-order valence-corrected chi connectivity index (χ1v) is 5.77. The van der Waals surface area contributed by atoms with Gasteiger partial charge in [0.05, 0.1) is 0 Å². The van der Waals surface area contributed by atoms with Gasteiger partial charge < -0.3 is 10.2 Å². The summed E-state index contributed by atoms with van der Waals surface area (Å²) in [5, 5.41) is 18.7. The van der Waals surface area contributed by atoms with Gasteiger partial charge in [-0.1, -0.05) is 19.1 Å². The Morgan fingerprint density at radius 1 is 1.00 bits per heavy atom. The van der Waals surface area contributed by atoms with Crippen LogP contribution in [0, 0.1) is 0 Å². The van der Waals surface area contributed by atoms with Crippen LogP contribution in [0.15, 0.2) is 42.5 Å². The Bertz CT molecular complexity index is 571. The zero-order chi connectivity index (χ0) is 13.1. The van der Waals surface area contributed by atoms with E-state index in [-0.39, 0.29) is 17.3 Å². The van der Waals surface area contributed by atoms with Gasteiger partial charge in [0.25, 0.3) is 0 Å². The number of hydrogen-bond acceptors (Lipinski definition) is 3. The summed E-state index contributed by atoms with van der Waals surface area (Å²) in [6, 6.07) is 11.4. The van der Waals surface area contributed by atoms with Gasteiger partial charge in [0.1, 0.15) is 11.5 Å². The number of carbonyl (C=O) groups is 1. The largest absolute Gasteiger partial charge is 0.508 e. The van der Waals surface area contributed by atoms with Crippen molar-refractivity contribution in [2.45, 2.75) is 13.3 Å². The predicted octanol–water partition coefficient (Wildman–Crippen LogP) is 3.36. The Balaban J connectivity index is 2.56. The number of benzene rings is 2. The molecule has 0 fully saturated rings. The van der Waals surface area contributed by atoms with Crippen molar-refractivity contribution in [3.05, 3.63) is 48.0 Å². The van der Waals surface area contributed by atoms with E-state index in [1.807, 2.05) is 0 Å². The fraction of sp³-hybridized carbons (Fsp3) is 0.133. The summed E-state index contributed by atoms with van der Waals surface area (Å²) in [5.41, 5.74) is 2.10. The number of ketones is 1. The molecule has 0 amide bonds. The van der Waals surface area contributed by atoms with Gasteiger partial charge in [0.15, 0.2) is 5.78 Å². The zero-order valence-corrected chi connectivity index (χ0v) is 10.1. The van der Waals surface area contributed by atoms with E-state index >= 15 is 0 Å². The molecule has 2 rings (SSSR count). The van der Waals surface area contributed by atoms with Gasteiger partial charge in [0, 0.05) is 12.0 Å². The van der Waals surface area contributed by atoms with Gasteiger partial charge in [-0.25, -0.2) is 0 Å². The molecule has 2 aromatic rings. The average molecular weight is 242 g/mol. The Morgan fingerprint density at radius 2 is 1.61 bits per heavy atom. The molecule has 0 heterocycles. The SMILES string of the molecule is CCC(=O)c1cc(O)ccc1-c1ccc(O)cc1. The minimum atomic E-state index is -0.0195. The lowest BCUT2D eigenvalue weighted by Gasteiger charge is -2.09. The fourth-order valence-electron chi connectivity index (χ4n) is 1.85. The normalized spacial score (nSPS) is 10.3. The van der Waals surface area contributed by atoms with E-state index in [2.05, 4.69) is 0 Å². The predicted molar refractivity (Wildman–Crippen MR) is 69.8 cm³/mol. The first-order chi connectivity index (χ1) is 8.61. The summed E-state index contributed by atoms with van der Waals surface area (Å²) in [4.78, 5) is 11.9. The maximum atomic E-state index is 11.9. The molecule has 0 radical (unpaired) electrons. The Morgan fingerprint density at radius 3 is 2.22 bits per heavy atom. The number of aromatic hydroxyl groups is 2. The molecular formula is C15H14O3. The van der Waals surface area contributed by atoms with Crippen molar-refractivity contribution in [1.29, 1.82) is 0 Å². The molecule has 2 aromatic carbocycles. The molecule has 0 aliphatic heterocycles. The molecule has 0 saturated carbocycles. The summed E-state index contributed by atoms with van der Waals surface area (Å²) in [6.45, 7) is 1.78. The van der Waals surface area contributed by atoms with Gasteiger partial charge in [0.2, 0.25) is 0 Å². The van der Waals surface area contributed by atoms with Gasteiger partial charge in [-0.3, -0.25) is 4.79 Å². The van der Waals surface area contributed by atoms with Crippen LogP contribution in [0.3, 0.4) is 0 Å². The highest BCUT2D eigenvalue weighted by Crippen LogP contribution is 2.29. The third kappa shape index (κ3) is 2.35. The summed E-state index contributed by atoms with van der Waals surface area (Å²) < 4.78 is 0. The number of carbonyl (C=O) groups excluding carboxylic acids is 1. The van der Waals surface area contributed by atoms with Gasteiger partial charge >= 0.3 is 0 Å². The summed E-state index contributed by atoms with van der Waals surface area (Å²) in [6.07, 6.45) is 0.383. The molecule has 2 N–H and O–H groups in total. The molecular weight excluding hydrogens is 228 g/mol. The standard InChI is InChI=1S/C15H14O3/c1-2-15(18)14-9-12(17)7-8-13(14)10-3-5-11(16)6-4-10/h3-9,16-17H,2H2,1H3. The van der Waals surface area contributed by atoms with Crippen molar-refractivity contribution in [3.8, 4) is 22.6 Å². The molecule has 0 aliphatic carbocycles. The summed E-state index contributed by atoms with van der Waals surface area (Å²) in [5.74, 6) is 0.240. The lowest BCUT2D eigenvalue weighted by Crippen LogP contribution is -1.99. The molecule has 18 heavy (non-hydrogen) atoms. The second-order valence-corrected chi connectivity index (χ2v) is 4.05. The minimum Gasteiger partial charge on any atom is -0.508 e. The Hall–Kier alpha value is -2.29. The van der Waals surface area contributed by atoms with Crippen molar-refractivity contribution in [3.63, 3.8) is 0 Å². The average Bonchev–Trinajstić information content (AvgIpc) is 2.39. The minimum absolute atomic E-state index is 0.0195. The molecule has 0 aliphatic rings. The van der Waals surface area contributed by atoms with Gasteiger partial charge in [-0.15, -0.1) is 0 Å². The molecule has 3 nitrogen and oxygen atoms in total.